The number of nitro benzene ring substituents is 1. The number of nitrogens with one attached hydrogen (secondary N) is 2. The van der Waals surface area contributed by atoms with Crippen LogP contribution in [0.15, 0.2) is 70.2 Å². The van der Waals surface area contributed by atoms with Crippen LogP contribution in [0.5, 0.6) is 5.75 Å². The number of rotatable bonds is 7. The zero-order chi connectivity index (χ0) is 21.0. The third-order valence-electron chi connectivity index (χ3n) is 3.77. The molecule has 3 rings (SSSR count). The lowest BCUT2D eigenvalue weighted by molar-refractivity contribution is -0.387. The van der Waals surface area contributed by atoms with Crippen molar-refractivity contribution in [1.82, 2.24) is 0 Å². The third-order valence-corrected chi connectivity index (χ3v) is 5.20. The summed E-state index contributed by atoms with van der Waals surface area (Å²) < 4.78 is 37.5. The van der Waals surface area contributed by atoms with Gasteiger partial charge in [-0.05, 0) is 42.5 Å². The number of hydrogen-bond donors (Lipinski definition) is 2. The zero-order valence-electron chi connectivity index (χ0n) is 15.0. The van der Waals surface area contributed by atoms with Crippen molar-refractivity contribution >= 4 is 33.0 Å². The van der Waals surface area contributed by atoms with Crippen molar-refractivity contribution in [3.05, 3.63) is 76.7 Å². The van der Waals surface area contributed by atoms with E-state index < -0.39 is 31.4 Å². The molecule has 0 fully saturated rings. The molecule has 1 heterocycles. The highest BCUT2D eigenvalue weighted by Gasteiger charge is 2.26. The van der Waals surface area contributed by atoms with Crippen LogP contribution in [0, 0.1) is 10.1 Å². The molecule has 1 amide bonds. The smallest absolute Gasteiger partial charge is 0.293 e. The molecule has 29 heavy (non-hydrogen) atoms. The van der Waals surface area contributed by atoms with Gasteiger partial charge in [0.2, 0.25) is 0 Å². The van der Waals surface area contributed by atoms with Crippen molar-refractivity contribution in [2.45, 2.75) is 4.90 Å². The summed E-state index contributed by atoms with van der Waals surface area (Å²) in [5, 5.41) is 13.8. The van der Waals surface area contributed by atoms with Gasteiger partial charge in [-0.15, -0.1) is 0 Å². The van der Waals surface area contributed by atoms with Crippen LogP contribution >= 0.6 is 0 Å². The molecule has 150 valence electrons. The topological polar surface area (TPSA) is 141 Å². The summed E-state index contributed by atoms with van der Waals surface area (Å²) in [6.07, 6.45) is 1.35. The fraction of sp³-hybridized carbons (Fsp3) is 0.0556. The molecule has 0 spiro atoms. The van der Waals surface area contributed by atoms with Gasteiger partial charge in [0.15, 0.2) is 10.7 Å². The SMILES string of the molecule is COc1ccc(S(=O)(=O)Nc2cccc(NC(=O)c3ccco3)c2)c([N+](=O)[O-])c1. The number of methoxy groups -OCH3 is 1. The average Bonchev–Trinajstić information content (AvgIpc) is 3.22. The molecule has 0 aliphatic heterocycles. The predicted octanol–water partition coefficient (Wildman–Crippen LogP) is 3.25. The fourth-order valence-corrected chi connectivity index (χ4v) is 3.67. The molecular weight excluding hydrogens is 402 g/mol. The van der Waals surface area contributed by atoms with Crippen LogP contribution in [0.2, 0.25) is 0 Å². The van der Waals surface area contributed by atoms with E-state index in [1.165, 1.54) is 43.7 Å². The van der Waals surface area contributed by atoms with Crippen LogP contribution in [-0.2, 0) is 10.0 Å². The number of nitro groups is 1. The number of nitrogens with zero attached hydrogens (tertiary/aromatic N) is 1. The third kappa shape index (κ3) is 4.52. The first kappa shape index (κ1) is 19.9. The quantitative estimate of drug-likeness (QED) is 0.444. The molecule has 1 aromatic heterocycles. The summed E-state index contributed by atoms with van der Waals surface area (Å²) in [6, 6.07) is 12.3. The maximum absolute atomic E-state index is 12.7. The second-order valence-corrected chi connectivity index (χ2v) is 7.36. The molecule has 3 aromatic rings. The fourth-order valence-electron chi connectivity index (χ4n) is 2.47. The molecule has 2 aromatic carbocycles. The minimum Gasteiger partial charge on any atom is -0.497 e. The number of sulfonamides is 1. The Kier molecular flexibility index (Phi) is 5.50. The molecule has 11 heteroatoms. The van der Waals surface area contributed by atoms with Crippen LogP contribution < -0.4 is 14.8 Å². The minimum absolute atomic E-state index is 0.0878. The summed E-state index contributed by atoms with van der Waals surface area (Å²) in [5.41, 5.74) is -0.220. The molecule has 0 bridgehead atoms. The Bertz CT molecular complexity index is 1160. The van der Waals surface area contributed by atoms with Gasteiger partial charge in [0.25, 0.3) is 21.6 Å². The summed E-state index contributed by atoms with van der Waals surface area (Å²) in [6.45, 7) is 0. The van der Waals surface area contributed by atoms with Gasteiger partial charge in [0, 0.05) is 5.69 Å². The van der Waals surface area contributed by atoms with E-state index in [1.54, 1.807) is 12.1 Å². The molecule has 0 atom stereocenters. The molecule has 0 saturated heterocycles. The largest absolute Gasteiger partial charge is 0.497 e. The van der Waals surface area contributed by atoms with Crippen molar-refractivity contribution in [1.29, 1.82) is 0 Å². The molecule has 0 unspecified atom stereocenters. The van der Waals surface area contributed by atoms with Gasteiger partial charge < -0.3 is 14.5 Å². The van der Waals surface area contributed by atoms with Crippen LogP contribution in [0.1, 0.15) is 10.6 Å². The molecule has 10 nitrogen and oxygen atoms in total. The van der Waals surface area contributed by atoms with Crippen molar-refractivity contribution in [3.8, 4) is 5.75 Å². The Balaban J connectivity index is 1.86. The number of amides is 1. The number of furan rings is 1. The molecular formula is C18H15N3O7S. The summed E-state index contributed by atoms with van der Waals surface area (Å²) in [5.74, 6) is -0.274. The summed E-state index contributed by atoms with van der Waals surface area (Å²) >= 11 is 0. The van der Waals surface area contributed by atoms with Crippen molar-refractivity contribution in [2.75, 3.05) is 17.1 Å². The van der Waals surface area contributed by atoms with E-state index >= 15 is 0 Å². The van der Waals surface area contributed by atoms with Gasteiger partial charge >= 0.3 is 0 Å². The highest BCUT2D eigenvalue weighted by molar-refractivity contribution is 7.92. The molecule has 0 radical (unpaired) electrons. The highest BCUT2D eigenvalue weighted by Crippen LogP contribution is 2.30. The normalized spacial score (nSPS) is 10.9. The van der Waals surface area contributed by atoms with E-state index in [1.807, 2.05) is 0 Å². The number of carbonyl (C=O) groups excluding carboxylic acids is 1. The van der Waals surface area contributed by atoms with Gasteiger partial charge in [-0.1, -0.05) is 6.07 Å². The van der Waals surface area contributed by atoms with E-state index in [0.29, 0.717) is 5.69 Å². The standard InChI is InChI=1S/C18H15N3O7S/c1-27-14-7-8-17(15(11-14)21(23)24)29(25,26)20-13-5-2-4-12(10-13)19-18(22)16-6-3-9-28-16/h2-11,20H,1H3,(H,19,22). The number of carbonyl (C=O) groups is 1. The number of hydrogen-bond acceptors (Lipinski definition) is 7. The van der Waals surface area contributed by atoms with Crippen LogP contribution in [0.4, 0.5) is 17.1 Å². The first-order valence-electron chi connectivity index (χ1n) is 8.10. The second kappa shape index (κ2) is 8.02. The Morgan fingerprint density at radius 1 is 1.10 bits per heavy atom. The predicted molar refractivity (Wildman–Crippen MR) is 104 cm³/mol. The van der Waals surface area contributed by atoms with E-state index in [9.17, 15) is 23.3 Å². The lowest BCUT2D eigenvalue weighted by atomic mass is 10.3. The summed E-state index contributed by atoms with van der Waals surface area (Å²) in [4.78, 5) is 22.0. The van der Waals surface area contributed by atoms with E-state index in [-0.39, 0.29) is 17.2 Å². The Labute approximate surface area is 165 Å². The average molecular weight is 417 g/mol. The van der Waals surface area contributed by atoms with Crippen LogP contribution in [0.25, 0.3) is 0 Å². The molecule has 0 aliphatic rings. The van der Waals surface area contributed by atoms with Gasteiger partial charge in [0.1, 0.15) is 5.75 Å². The van der Waals surface area contributed by atoms with Crippen molar-refractivity contribution in [3.63, 3.8) is 0 Å². The highest BCUT2D eigenvalue weighted by atomic mass is 32.2. The lowest BCUT2D eigenvalue weighted by Crippen LogP contribution is -2.15. The first-order chi connectivity index (χ1) is 13.8. The van der Waals surface area contributed by atoms with Crippen LogP contribution in [-0.4, -0.2) is 26.4 Å². The first-order valence-corrected chi connectivity index (χ1v) is 9.58. The molecule has 0 aliphatic carbocycles. The Hall–Kier alpha value is -3.86. The van der Waals surface area contributed by atoms with Gasteiger partial charge in [-0.25, -0.2) is 8.42 Å². The number of anilines is 2. The maximum Gasteiger partial charge on any atom is 0.293 e. The Morgan fingerprint density at radius 3 is 2.52 bits per heavy atom. The van der Waals surface area contributed by atoms with E-state index in [0.717, 1.165) is 12.1 Å². The van der Waals surface area contributed by atoms with E-state index in [4.69, 9.17) is 9.15 Å². The zero-order valence-corrected chi connectivity index (χ0v) is 15.8. The van der Waals surface area contributed by atoms with Gasteiger partial charge in [-0.2, -0.15) is 0 Å². The second-order valence-electron chi connectivity index (χ2n) is 5.71. The maximum atomic E-state index is 12.7. The summed E-state index contributed by atoms with van der Waals surface area (Å²) in [7, 11) is -2.97. The minimum atomic E-state index is -4.28. The van der Waals surface area contributed by atoms with Crippen molar-refractivity contribution in [2.24, 2.45) is 0 Å². The monoisotopic (exact) mass is 417 g/mol. The lowest BCUT2D eigenvalue weighted by Gasteiger charge is -2.11. The van der Waals surface area contributed by atoms with Gasteiger partial charge in [0.05, 0.1) is 30.1 Å². The van der Waals surface area contributed by atoms with Crippen molar-refractivity contribution < 1.29 is 27.3 Å². The van der Waals surface area contributed by atoms with Crippen LogP contribution in [0.3, 0.4) is 0 Å². The number of ether oxygens (including phenoxy) is 1. The van der Waals surface area contributed by atoms with E-state index in [2.05, 4.69) is 10.0 Å². The Morgan fingerprint density at radius 2 is 1.86 bits per heavy atom. The molecule has 2 N–H and O–H groups in total. The number of benzene rings is 2. The van der Waals surface area contributed by atoms with Gasteiger partial charge in [-0.3, -0.25) is 19.6 Å². The molecule has 0 saturated carbocycles.